The number of carbonyl (C=O) groups is 3. The number of anilines is 1. The molecule has 1 heterocycles. The molecule has 180 valence electrons. The van der Waals surface area contributed by atoms with Crippen molar-refractivity contribution >= 4 is 29.3 Å². The lowest BCUT2D eigenvalue weighted by atomic mass is 10.0. The lowest BCUT2D eigenvalue weighted by molar-refractivity contribution is -0.143. The van der Waals surface area contributed by atoms with Gasteiger partial charge in [0, 0.05) is 24.2 Å². The van der Waals surface area contributed by atoms with Crippen LogP contribution in [0.1, 0.15) is 60.1 Å². The largest absolute Gasteiger partial charge is 0.466 e. The van der Waals surface area contributed by atoms with Crippen LogP contribution in [0.2, 0.25) is 0 Å². The molecule has 34 heavy (non-hydrogen) atoms. The van der Waals surface area contributed by atoms with Gasteiger partial charge in [-0.2, -0.15) is 0 Å². The molecule has 0 saturated carbocycles. The number of esters is 1. The third-order valence-electron chi connectivity index (χ3n) is 5.40. The van der Waals surface area contributed by atoms with Gasteiger partial charge in [0.15, 0.2) is 0 Å². The quantitative estimate of drug-likeness (QED) is 0.492. The fraction of sp³-hybridized carbons (Fsp3) is 0.385. The summed E-state index contributed by atoms with van der Waals surface area (Å²) in [5.74, 6) is -0.228. The van der Waals surface area contributed by atoms with Gasteiger partial charge in [0.1, 0.15) is 5.84 Å². The van der Waals surface area contributed by atoms with Crippen LogP contribution >= 0.6 is 0 Å². The third kappa shape index (κ3) is 7.72. The molecule has 0 radical (unpaired) electrons. The van der Waals surface area contributed by atoms with Gasteiger partial charge in [-0.1, -0.05) is 35.9 Å². The molecule has 1 aliphatic heterocycles. The Bertz CT molecular complexity index is 1050. The molecule has 2 aromatic rings. The van der Waals surface area contributed by atoms with E-state index in [-0.39, 0.29) is 25.5 Å². The van der Waals surface area contributed by atoms with Gasteiger partial charge in [0.25, 0.3) is 5.91 Å². The van der Waals surface area contributed by atoms with E-state index >= 15 is 0 Å². The standard InChI is InChI=1S/C26H32N4O4/c1-3-34-25(32)16-22(19-9-6-8-18(2)14-19)30-24(31)17-28-26(33)20-10-7-11-21(15-20)29-23-12-4-5-13-27-23/h6-11,14-15,22H,3-5,12-13,16-17H2,1-2H3,(H,27,29)(H,28,33)(H,30,31). The van der Waals surface area contributed by atoms with Crippen molar-refractivity contribution in [2.24, 2.45) is 4.99 Å². The zero-order valence-electron chi connectivity index (χ0n) is 19.7. The zero-order valence-corrected chi connectivity index (χ0v) is 19.7. The first kappa shape index (κ1) is 25.0. The first-order chi connectivity index (χ1) is 16.4. The van der Waals surface area contributed by atoms with E-state index in [9.17, 15) is 14.4 Å². The smallest absolute Gasteiger partial charge is 0.308 e. The van der Waals surface area contributed by atoms with E-state index in [1.54, 1.807) is 25.1 Å². The number of hydrogen-bond donors (Lipinski definition) is 3. The Kier molecular flexibility index (Phi) is 9.20. The highest BCUT2D eigenvalue weighted by Gasteiger charge is 2.20. The number of aryl methyl sites for hydroxylation is 1. The number of rotatable bonds is 9. The predicted molar refractivity (Wildman–Crippen MR) is 132 cm³/mol. The van der Waals surface area contributed by atoms with Crippen LogP contribution in [0, 0.1) is 6.92 Å². The van der Waals surface area contributed by atoms with E-state index < -0.39 is 17.9 Å². The van der Waals surface area contributed by atoms with E-state index in [2.05, 4.69) is 20.9 Å². The molecule has 3 rings (SSSR count). The van der Waals surface area contributed by atoms with Crippen LogP contribution in [0.15, 0.2) is 53.5 Å². The molecule has 8 heteroatoms. The summed E-state index contributed by atoms with van der Waals surface area (Å²) in [7, 11) is 0. The monoisotopic (exact) mass is 464 g/mol. The van der Waals surface area contributed by atoms with Crippen LogP contribution in [0.4, 0.5) is 5.69 Å². The Morgan fingerprint density at radius 3 is 2.65 bits per heavy atom. The Morgan fingerprint density at radius 1 is 1.09 bits per heavy atom. The number of nitrogens with zero attached hydrogens (tertiary/aromatic N) is 1. The van der Waals surface area contributed by atoms with Crippen LogP contribution in [0.25, 0.3) is 0 Å². The number of aliphatic imine (C=N–C) groups is 1. The first-order valence-electron chi connectivity index (χ1n) is 11.6. The van der Waals surface area contributed by atoms with E-state index in [0.29, 0.717) is 5.56 Å². The fourth-order valence-corrected chi connectivity index (χ4v) is 3.74. The van der Waals surface area contributed by atoms with Crippen molar-refractivity contribution in [2.75, 3.05) is 25.0 Å². The van der Waals surface area contributed by atoms with E-state index in [4.69, 9.17) is 4.74 Å². The normalized spacial score (nSPS) is 13.9. The molecule has 0 fully saturated rings. The Morgan fingerprint density at radius 2 is 1.91 bits per heavy atom. The molecule has 0 aromatic heterocycles. The summed E-state index contributed by atoms with van der Waals surface area (Å²) in [5.41, 5.74) is 3.04. The van der Waals surface area contributed by atoms with Crippen LogP contribution in [-0.2, 0) is 14.3 Å². The molecular weight excluding hydrogens is 432 g/mol. The van der Waals surface area contributed by atoms with Crippen molar-refractivity contribution in [1.82, 2.24) is 10.6 Å². The maximum absolute atomic E-state index is 12.6. The Balaban J connectivity index is 1.58. The molecule has 3 N–H and O–H groups in total. The molecule has 0 saturated heterocycles. The summed E-state index contributed by atoms with van der Waals surface area (Å²) in [4.78, 5) is 41.8. The number of carbonyl (C=O) groups excluding carboxylic acids is 3. The number of nitrogens with one attached hydrogen (secondary N) is 3. The van der Waals surface area contributed by atoms with Gasteiger partial charge in [0.2, 0.25) is 5.91 Å². The van der Waals surface area contributed by atoms with Crippen molar-refractivity contribution in [2.45, 2.75) is 45.6 Å². The zero-order chi connectivity index (χ0) is 24.3. The highest BCUT2D eigenvalue weighted by atomic mass is 16.5. The maximum atomic E-state index is 12.6. The lowest BCUT2D eigenvalue weighted by Gasteiger charge is -2.19. The van der Waals surface area contributed by atoms with Gasteiger partial charge in [-0.25, -0.2) is 0 Å². The summed E-state index contributed by atoms with van der Waals surface area (Å²) in [5, 5.41) is 8.76. The summed E-state index contributed by atoms with van der Waals surface area (Å²) in [6.45, 7) is 4.55. The predicted octanol–water partition coefficient (Wildman–Crippen LogP) is 3.53. The highest BCUT2D eigenvalue weighted by Crippen LogP contribution is 2.19. The van der Waals surface area contributed by atoms with E-state index in [1.807, 2.05) is 37.3 Å². The molecule has 2 amide bonds. The van der Waals surface area contributed by atoms with Gasteiger partial charge >= 0.3 is 5.97 Å². The summed E-state index contributed by atoms with van der Waals surface area (Å²) < 4.78 is 5.05. The average molecular weight is 465 g/mol. The van der Waals surface area contributed by atoms with Gasteiger partial charge in [0.05, 0.1) is 25.6 Å². The molecule has 0 spiro atoms. The molecule has 0 bridgehead atoms. The number of amidine groups is 1. The second-order valence-corrected chi connectivity index (χ2v) is 8.22. The first-order valence-corrected chi connectivity index (χ1v) is 11.6. The Hall–Kier alpha value is -3.68. The van der Waals surface area contributed by atoms with Crippen LogP contribution < -0.4 is 16.0 Å². The summed E-state index contributed by atoms with van der Waals surface area (Å²) in [6.07, 6.45) is 3.10. The lowest BCUT2D eigenvalue weighted by Crippen LogP contribution is -2.39. The number of ether oxygens (including phenoxy) is 1. The molecule has 2 aromatic carbocycles. The number of hydrogen-bond acceptors (Lipinski definition) is 6. The van der Waals surface area contributed by atoms with Crippen molar-refractivity contribution < 1.29 is 19.1 Å². The summed E-state index contributed by atoms with van der Waals surface area (Å²) in [6, 6.07) is 14.1. The van der Waals surface area contributed by atoms with Gasteiger partial charge < -0.3 is 20.7 Å². The van der Waals surface area contributed by atoms with Crippen molar-refractivity contribution in [3.05, 3.63) is 65.2 Å². The maximum Gasteiger partial charge on any atom is 0.308 e. The molecular formula is C26H32N4O4. The summed E-state index contributed by atoms with van der Waals surface area (Å²) >= 11 is 0. The number of amides is 2. The van der Waals surface area contributed by atoms with Gasteiger partial charge in [-0.05, 0) is 50.5 Å². The molecule has 1 aliphatic rings. The van der Waals surface area contributed by atoms with Crippen LogP contribution in [0.3, 0.4) is 0 Å². The average Bonchev–Trinajstić information content (AvgIpc) is 2.83. The van der Waals surface area contributed by atoms with Gasteiger partial charge in [-0.15, -0.1) is 0 Å². The Labute approximate surface area is 200 Å². The number of benzene rings is 2. The van der Waals surface area contributed by atoms with Crippen molar-refractivity contribution in [3.63, 3.8) is 0 Å². The third-order valence-corrected chi connectivity index (χ3v) is 5.40. The highest BCUT2D eigenvalue weighted by molar-refractivity contribution is 6.00. The minimum Gasteiger partial charge on any atom is -0.466 e. The second-order valence-electron chi connectivity index (χ2n) is 8.22. The van der Waals surface area contributed by atoms with Crippen LogP contribution in [0.5, 0.6) is 0 Å². The second kappa shape index (κ2) is 12.5. The minimum atomic E-state index is -0.549. The minimum absolute atomic E-state index is 0.00851. The van der Waals surface area contributed by atoms with Crippen molar-refractivity contribution in [1.29, 1.82) is 0 Å². The SMILES string of the molecule is CCOC(=O)CC(NC(=O)CNC(=O)c1cccc(NC2=NCCCC2)c1)c1cccc(C)c1. The fourth-order valence-electron chi connectivity index (χ4n) is 3.74. The van der Waals surface area contributed by atoms with E-state index in [1.165, 1.54) is 0 Å². The van der Waals surface area contributed by atoms with Gasteiger partial charge in [-0.3, -0.25) is 19.4 Å². The van der Waals surface area contributed by atoms with E-state index in [0.717, 1.165) is 48.5 Å². The molecule has 1 unspecified atom stereocenters. The topological polar surface area (TPSA) is 109 Å². The molecule has 8 nitrogen and oxygen atoms in total. The molecule has 0 aliphatic carbocycles. The molecule has 1 atom stereocenters. The van der Waals surface area contributed by atoms with Crippen molar-refractivity contribution in [3.8, 4) is 0 Å². The van der Waals surface area contributed by atoms with Crippen LogP contribution in [-0.4, -0.2) is 43.3 Å².